The Morgan fingerprint density at radius 1 is 1.21 bits per heavy atom. The van der Waals surface area contributed by atoms with Crippen molar-refractivity contribution in [1.82, 2.24) is 10.3 Å². The van der Waals surface area contributed by atoms with Crippen molar-refractivity contribution >= 4 is 22.9 Å². The van der Waals surface area contributed by atoms with Crippen LogP contribution in [0.2, 0.25) is 0 Å². The van der Waals surface area contributed by atoms with Gasteiger partial charge in [-0.25, -0.2) is 0 Å². The zero-order valence-electron chi connectivity index (χ0n) is 13.6. The van der Waals surface area contributed by atoms with Crippen molar-refractivity contribution in [2.24, 2.45) is 0 Å². The van der Waals surface area contributed by atoms with Crippen LogP contribution in [-0.4, -0.2) is 24.5 Å². The van der Waals surface area contributed by atoms with E-state index in [0.717, 1.165) is 28.6 Å². The Balaban J connectivity index is 1.55. The molecule has 0 fully saturated rings. The van der Waals surface area contributed by atoms with E-state index < -0.39 is 0 Å². The number of ether oxygens (including phenoxy) is 1. The molecule has 0 unspecified atom stereocenters. The van der Waals surface area contributed by atoms with Crippen LogP contribution < -0.4 is 10.1 Å². The van der Waals surface area contributed by atoms with Gasteiger partial charge >= 0.3 is 0 Å². The van der Waals surface area contributed by atoms with Crippen molar-refractivity contribution in [2.75, 3.05) is 13.7 Å². The number of methoxy groups -OCH3 is 1. The lowest BCUT2D eigenvalue weighted by Crippen LogP contribution is -2.23. The summed E-state index contributed by atoms with van der Waals surface area (Å²) in [5, 5.41) is 4.07. The van der Waals surface area contributed by atoms with Gasteiger partial charge in [-0.2, -0.15) is 0 Å². The minimum Gasteiger partial charge on any atom is -0.497 e. The Hall–Kier alpha value is -3.01. The van der Waals surface area contributed by atoms with Gasteiger partial charge in [-0.3, -0.25) is 4.79 Å². The maximum absolute atomic E-state index is 11.9. The number of amides is 1. The van der Waals surface area contributed by atoms with E-state index in [9.17, 15) is 4.79 Å². The zero-order chi connectivity index (χ0) is 16.8. The van der Waals surface area contributed by atoms with Gasteiger partial charge in [0.1, 0.15) is 5.75 Å². The minimum absolute atomic E-state index is 0.0830. The normalized spacial score (nSPS) is 11.0. The fraction of sp³-hybridized carbons (Fsp3) is 0.150. The third-order valence-electron chi connectivity index (χ3n) is 3.89. The quantitative estimate of drug-likeness (QED) is 0.683. The second-order valence-electron chi connectivity index (χ2n) is 5.51. The highest BCUT2D eigenvalue weighted by Crippen LogP contribution is 2.23. The SMILES string of the molecule is COc1ccc2c(CCNC(=O)/C=C/c3ccccc3)c[nH]c2c1. The fourth-order valence-electron chi connectivity index (χ4n) is 2.61. The summed E-state index contributed by atoms with van der Waals surface area (Å²) in [5.41, 5.74) is 3.23. The number of carbonyl (C=O) groups is 1. The van der Waals surface area contributed by atoms with Crippen LogP contribution in [0.25, 0.3) is 17.0 Å². The summed E-state index contributed by atoms with van der Waals surface area (Å²) >= 11 is 0. The summed E-state index contributed by atoms with van der Waals surface area (Å²) in [6, 6.07) is 15.7. The molecular formula is C20H20N2O2. The van der Waals surface area contributed by atoms with Gasteiger partial charge in [-0.15, -0.1) is 0 Å². The Labute approximate surface area is 141 Å². The molecule has 0 saturated carbocycles. The highest BCUT2D eigenvalue weighted by Gasteiger charge is 2.05. The van der Waals surface area contributed by atoms with Gasteiger partial charge in [0.25, 0.3) is 0 Å². The van der Waals surface area contributed by atoms with Crippen molar-refractivity contribution in [3.8, 4) is 5.75 Å². The maximum Gasteiger partial charge on any atom is 0.244 e. The van der Waals surface area contributed by atoms with Crippen LogP contribution in [0, 0.1) is 0 Å². The van der Waals surface area contributed by atoms with E-state index >= 15 is 0 Å². The number of rotatable bonds is 6. The first kappa shape index (κ1) is 15.9. The molecule has 1 heterocycles. The van der Waals surface area contributed by atoms with Gasteiger partial charge in [0.15, 0.2) is 0 Å². The topological polar surface area (TPSA) is 54.1 Å². The highest BCUT2D eigenvalue weighted by molar-refractivity contribution is 5.91. The van der Waals surface area contributed by atoms with E-state index in [0.29, 0.717) is 6.54 Å². The molecule has 122 valence electrons. The Bertz CT molecular complexity index is 850. The standard InChI is InChI=1S/C20H20N2O2/c1-24-17-8-9-18-16(14-22-19(18)13-17)11-12-21-20(23)10-7-15-5-3-2-4-6-15/h2-10,13-14,22H,11-12H2,1H3,(H,21,23)/b10-7+. The highest BCUT2D eigenvalue weighted by atomic mass is 16.5. The van der Waals surface area contributed by atoms with Gasteiger partial charge < -0.3 is 15.0 Å². The van der Waals surface area contributed by atoms with Crippen LogP contribution in [0.4, 0.5) is 0 Å². The number of aromatic nitrogens is 1. The van der Waals surface area contributed by atoms with Crippen LogP contribution in [0.3, 0.4) is 0 Å². The van der Waals surface area contributed by atoms with Crippen LogP contribution in [0.15, 0.2) is 60.8 Å². The van der Waals surface area contributed by atoms with E-state index in [1.807, 2.05) is 60.8 Å². The molecule has 0 radical (unpaired) electrons. The minimum atomic E-state index is -0.0830. The number of nitrogens with one attached hydrogen (secondary N) is 2. The molecule has 1 amide bonds. The summed E-state index contributed by atoms with van der Waals surface area (Å²) < 4.78 is 5.22. The summed E-state index contributed by atoms with van der Waals surface area (Å²) in [6.07, 6.45) is 6.13. The molecule has 2 aromatic carbocycles. The molecule has 0 aliphatic heterocycles. The van der Waals surface area contributed by atoms with Gasteiger partial charge in [-0.1, -0.05) is 30.3 Å². The predicted octanol–water partition coefficient (Wildman–Crippen LogP) is 3.55. The molecule has 0 atom stereocenters. The second-order valence-corrected chi connectivity index (χ2v) is 5.51. The lowest BCUT2D eigenvalue weighted by Gasteiger charge is -2.03. The molecule has 1 aromatic heterocycles. The van der Waals surface area contributed by atoms with Gasteiger partial charge in [0, 0.05) is 35.8 Å². The van der Waals surface area contributed by atoms with Crippen molar-refractivity contribution < 1.29 is 9.53 Å². The average molecular weight is 320 g/mol. The Morgan fingerprint density at radius 3 is 2.83 bits per heavy atom. The van der Waals surface area contributed by atoms with Gasteiger partial charge in [0.2, 0.25) is 5.91 Å². The molecule has 2 N–H and O–H groups in total. The molecule has 3 rings (SSSR count). The number of carbonyl (C=O) groups excluding carboxylic acids is 1. The van der Waals surface area contributed by atoms with E-state index in [1.54, 1.807) is 13.2 Å². The van der Waals surface area contributed by atoms with Crippen molar-refractivity contribution in [3.05, 3.63) is 71.9 Å². The van der Waals surface area contributed by atoms with E-state index in [1.165, 1.54) is 5.56 Å². The molecular weight excluding hydrogens is 300 g/mol. The summed E-state index contributed by atoms with van der Waals surface area (Å²) in [4.78, 5) is 15.1. The monoisotopic (exact) mass is 320 g/mol. The largest absolute Gasteiger partial charge is 0.497 e. The summed E-state index contributed by atoms with van der Waals surface area (Å²) in [5.74, 6) is 0.746. The molecule has 0 aliphatic carbocycles. The van der Waals surface area contributed by atoms with Crippen LogP contribution in [-0.2, 0) is 11.2 Å². The van der Waals surface area contributed by atoms with Crippen molar-refractivity contribution in [2.45, 2.75) is 6.42 Å². The van der Waals surface area contributed by atoms with Crippen LogP contribution >= 0.6 is 0 Å². The third-order valence-corrected chi connectivity index (χ3v) is 3.89. The fourth-order valence-corrected chi connectivity index (χ4v) is 2.61. The second kappa shape index (κ2) is 7.51. The molecule has 0 bridgehead atoms. The van der Waals surface area contributed by atoms with Crippen LogP contribution in [0.5, 0.6) is 5.75 Å². The third kappa shape index (κ3) is 3.84. The maximum atomic E-state index is 11.9. The van der Waals surface area contributed by atoms with Crippen LogP contribution in [0.1, 0.15) is 11.1 Å². The molecule has 0 spiro atoms. The number of aromatic amines is 1. The number of H-pyrrole nitrogens is 1. The Morgan fingerprint density at radius 2 is 2.04 bits per heavy atom. The number of hydrogen-bond acceptors (Lipinski definition) is 2. The van der Waals surface area contributed by atoms with Crippen molar-refractivity contribution in [3.63, 3.8) is 0 Å². The first-order valence-corrected chi connectivity index (χ1v) is 7.91. The predicted molar refractivity (Wildman–Crippen MR) is 97.0 cm³/mol. The van der Waals surface area contributed by atoms with E-state index in [2.05, 4.69) is 10.3 Å². The summed E-state index contributed by atoms with van der Waals surface area (Å²) in [6.45, 7) is 0.594. The van der Waals surface area contributed by atoms with E-state index in [4.69, 9.17) is 4.74 Å². The molecule has 4 heteroatoms. The summed E-state index contributed by atoms with van der Waals surface area (Å²) in [7, 11) is 1.66. The number of fused-ring (bicyclic) bond motifs is 1. The first-order valence-electron chi connectivity index (χ1n) is 7.91. The average Bonchev–Trinajstić information content (AvgIpc) is 3.03. The molecule has 0 saturated heterocycles. The molecule has 0 aliphatic rings. The lowest BCUT2D eigenvalue weighted by atomic mass is 10.1. The molecule has 4 nitrogen and oxygen atoms in total. The van der Waals surface area contributed by atoms with E-state index in [-0.39, 0.29) is 5.91 Å². The first-order chi connectivity index (χ1) is 11.8. The Kier molecular flexibility index (Phi) is 4.96. The number of hydrogen-bond donors (Lipinski definition) is 2. The van der Waals surface area contributed by atoms with Gasteiger partial charge in [-0.05, 0) is 35.8 Å². The molecule has 3 aromatic rings. The van der Waals surface area contributed by atoms with Gasteiger partial charge in [0.05, 0.1) is 7.11 Å². The molecule has 24 heavy (non-hydrogen) atoms. The lowest BCUT2D eigenvalue weighted by molar-refractivity contribution is -0.116. The smallest absolute Gasteiger partial charge is 0.244 e. The number of benzene rings is 2. The van der Waals surface area contributed by atoms with Crippen molar-refractivity contribution in [1.29, 1.82) is 0 Å². The zero-order valence-corrected chi connectivity index (χ0v) is 13.6.